The fourth-order valence-electron chi connectivity index (χ4n) is 9.57. The summed E-state index contributed by atoms with van der Waals surface area (Å²) in [5.41, 5.74) is 5.87. The highest BCUT2D eigenvalue weighted by molar-refractivity contribution is 7.13. The Labute approximate surface area is 397 Å². The van der Waals surface area contributed by atoms with Gasteiger partial charge < -0.3 is 35.4 Å². The topological polar surface area (TPSA) is 183 Å². The van der Waals surface area contributed by atoms with Gasteiger partial charge in [0, 0.05) is 79.2 Å². The van der Waals surface area contributed by atoms with E-state index in [4.69, 9.17) is 21.1 Å². The molecule has 2 aliphatic rings. The molecule has 66 heavy (non-hydrogen) atoms. The number of anilines is 1. The summed E-state index contributed by atoms with van der Waals surface area (Å²) >= 11 is 7.81. The zero-order valence-corrected chi connectivity index (χ0v) is 40.6. The molecular formula is C51H63ClN6O7S. The fraction of sp³-hybridized carbons (Fsp3) is 0.490. The second kappa shape index (κ2) is 22.0. The summed E-state index contributed by atoms with van der Waals surface area (Å²) in [5.74, 6) is -1.19. The summed E-state index contributed by atoms with van der Waals surface area (Å²) in [6, 6.07) is 21.4. The maximum atomic E-state index is 13.8. The number of Topliss-reactive ketones (excluding diaryl/α,β-unsaturated/α-hetero) is 1. The summed E-state index contributed by atoms with van der Waals surface area (Å²) in [6.07, 6.45) is 1.63. The average molecular weight is 940 g/mol. The van der Waals surface area contributed by atoms with Crippen LogP contribution in [-0.4, -0.2) is 89.1 Å². The van der Waals surface area contributed by atoms with E-state index in [0.29, 0.717) is 28.5 Å². The Bertz CT molecular complexity index is 2360. The SMILES string of the molecule is Cc1ncsc1-c1ccc(CNC(=O)C2C[C@@H](O)CN2C(=O)[C@@H](CC(=O)COCCCCCNc2ccc(C(=O)NC3C(C)(C)C(Oc4ccc(C#N)c(Cl)c4)C3(C)C)cc2)C(C)C)cc1. The molecule has 352 valence electrons. The molecule has 0 bridgehead atoms. The maximum absolute atomic E-state index is 13.8. The third-order valence-corrected chi connectivity index (χ3v) is 14.3. The normalized spacial score (nSPS) is 19.9. The van der Waals surface area contributed by atoms with Crippen LogP contribution in [0.2, 0.25) is 5.02 Å². The molecule has 6 rings (SSSR count). The number of amides is 3. The van der Waals surface area contributed by atoms with Crippen molar-refractivity contribution in [1.29, 1.82) is 5.26 Å². The van der Waals surface area contributed by atoms with Crippen LogP contribution in [0.15, 0.2) is 72.2 Å². The third-order valence-electron chi connectivity index (χ3n) is 13.0. The Hall–Kier alpha value is -5.33. The van der Waals surface area contributed by atoms with E-state index in [1.165, 1.54) is 4.90 Å². The van der Waals surface area contributed by atoms with E-state index in [0.717, 1.165) is 53.2 Å². The predicted molar refractivity (Wildman–Crippen MR) is 257 cm³/mol. The number of nitrogens with zero attached hydrogens (tertiary/aromatic N) is 3. The van der Waals surface area contributed by atoms with Gasteiger partial charge >= 0.3 is 0 Å². The van der Waals surface area contributed by atoms with Gasteiger partial charge in [-0.05, 0) is 79.6 Å². The highest BCUT2D eigenvalue weighted by Crippen LogP contribution is 2.55. The Morgan fingerprint density at radius 3 is 2.35 bits per heavy atom. The molecule has 0 radical (unpaired) electrons. The lowest BCUT2D eigenvalue weighted by molar-refractivity contribution is -0.164. The van der Waals surface area contributed by atoms with E-state index >= 15 is 0 Å². The van der Waals surface area contributed by atoms with Gasteiger partial charge in [-0.3, -0.25) is 19.2 Å². The first-order valence-electron chi connectivity index (χ1n) is 22.8. The molecule has 2 fully saturated rings. The van der Waals surface area contributed by atoms with Gasteiger partial charge in [0.15, 0.2) is 5.78 Å². The molecule has 1 aromatic heterocycles. The van der Waals surface area contributed by atoms with Gasteiger partial charge in [-0.1, -0.05) is 77.4 Å². The minimum Gasteiger partial charge on any atom is -0.489 e. The molecule has 4 N–H and O–H groups in total. The van der Waals surface area contributed by atoms with Crippen molar-refractivity contribution in [3.05, 3.63) is 99.6 Å². The van der Waals surface area contributed by atoms with Crippen molar-refractivity contribution in [1.82, 2.24) is 20.5 Å². The van der Waals surface area contributed by atoms with Gasteiger partial charge in [-0.25, -0.2) is 4.98 Å². The van der Waals surface area contributed by atoms with Crippen LogP contribution >= 0.6 is 22.9 Å². The first kappa shape index (κ1) is 50.1. The largest absolute Gasteiger partial charge is 0.489 e. The number of thiazole rings is 1. The van der Waals surface area contributed by atoms with Gasteiger partial charge in [0.2, 0.25) is 11.8 Å². The van der Waals surface area contributed by atoms with Gasteiger partial charge in [-0.15, -0.1) is 11.3 Å². The van der Waals surface area contributed by atoms with Crippen molar-refractivity contribution in [3.8, 4) is 22.3 Å². The molecule has 3 atom stereocenters. The van der Waals surface area contributed by atoms with Crippen LogP contribution in [0.3, 0.4) is 0 Å². The highest BCUT2D eigenvalue weighted by atomic mass is 35.5. The zero-order valence-electron chi connectivity index (χ0n) is 39.0. The number of β-amino-alcohol motifs (C(OH)–C–C–N with tert-alkyl or cyclic N) is 1. The number of nitrogens with one attached hydrogen (secondary N) is 3. The number of likely N-dealkylation sites (tertiary alicyclic amines) is 1. The lowest BCUT2D eigenvalue weighted by Crippen LogP contribution is -2.74. The number of ether oxygens (including phenoxy) is 2. The van der Waals surface area contributed by atoms with Gasteiger partial charge in [0.25, 0.3) is 5.91 Å². The Morgan fingerprint density at radius 2 is 1.71 bits per heavy atom. The molecule has 1 saturated carbocycles. The second-order valence-corrected chi connectivity index (χ2v) is 20.4. The van der Waals surface area contributed by atoms with Crippen molar-refractivity contribution in [2.75, 3.05) is 31.6 Å². The Morgan fingerprint density at radius 1 is 1.00 bits per heavy atom. The number of hydrogen-bond donors (Lipinski definition) is 4. The number of aromatic nitrogens is 1. The number of carbonyl (C=O) groups is 4. The first-order valence-corrected chi connectivity index (χ1v) is 24.0. The zero-order chi connectivity index (χ0) is 47.8. The Kier molecular flexibility index (Phi) is 16.7. The molecule has 3 amide bonds. The summed E-state index contributed by atoms with van der Waals surface area (Å²) < 4.78 is 12.1. The summed E-state index contributed by atoms with van der Waals surface area (Å²) in [4.78, 5) is 60.5. The molecule has 15 heteroatoms. The van der Waals surface area contributed by atoms with Crippen molar-refractivity contribution in [2.45, 2.75) is 111 Å². The molecule has 1 saturated heterocycles. The first-order chi connectivity index (χ1) is 31.4. The van der Waals surface area contributed by atoms with Crippen LogP contribution in [0, 0.1) is 40.9 Å². The number of carbonyl (C=O) groups excluding carboxylic acids is 4. The number of hydrogen-bond acceptors (Lipinski definition) is 11. The maximum Gasteiger partial charge on any atom is 0.251 e. The number of halogens is 1. The molecule has 13 nitrogen and oxygen atoms in total. The monoisotopic (exact) mass is 938 g/mol. The van der Waals surface area contributed by atoms with Crippen molar-refractivity contribution in [2.24, 2.45) is 22.7 Å². The minimum absolute atomic E-state index is 0.00352. The quantitative estimate of drug-likeness (QED) is 0.0593. The van der Waals surface area contributed by atoms with Gasteiger partial charge in [0.05, 0.1) is 32.8 Å². The molecule has 1 aliphatic heterocycles. The number of aliphatic hydroxyl groups is 1. The molecule has 0 spiro atoms. The van der Waals surface area contributed by atoms with Crippen molar-refractivity contribution < 1.29 is 33.8 Å². The summed E-state index contributed by atoms with van der Waals surface area (Å²) in [6.45, 7) is 15.4. The van der Waals surface area contributed by atoms with Gasteiger partial charge in [-0.2, -0.15) is 5.26 Å². The van der Waals surface area contributed by atoms with Crippen LogP contribution in [0.5, 0.6) is 5.75 Å². The van der Waals surface area contributed by atoms with E-state index in [2.05, 4.69) is 54.7 Å². The number of aliphatic hydroxyl groups excluding tert-OH is 1. The highest BCUT2D eigenvalue weighted by Gasteiger charge is 2.64. The van der Waals surface area contributed by atoms with E-state index in [9.17, 15) is 29.5 Å². The van der Waals surface area contributed by atoms with Crippen LogP contribution in [0.4, 0.5) is 5.69 Å². The lowest BCUT2D eigenvalue weighted by Gasteiger charge is -2.63. The van der Waals surface area contributed by atoms with E-state index in [-0.39, 0.29) is 84.9 Å². The van der Waals surface area contributed by atoms with Crippen LogP contribution in [0.1, 0.15) is 101 Å². The number of unbranched alkanes of at least 4 members (excludes halogenated alkanes) is 2. The predicted octanol–water partition coefficient (Wildman–Crippen LogP) is 8.36. The van der Waals surface area contributed by atoms with E-state index in [1.54, 1.807) is 29.5 Å². The molecule has 4 aromatic rings. The summed E-state index contributed by atoms with van der Waals surface area (Å²) in [5, 5.41) is 29.6. The van der Waals surface area contributed by atoms with E-state index in [1.807, 2.05) is 74.8 Å². The smallest absolute Gasteiger partial charge is 0.251 e. The molecule has 1 aliphatic carbocycles. The van der Waals surface area contributed by atoms with Crippen molar-refractivity contribution in [3.63, 3.8) is 0 Å². The fourth-order valence-corrected chi connectivity index (χ4v) is 10.6. The van der Waals surface area contributed by atoms with Crippen LogP contribution in [0.25, 0.3) is 10.4 Å². The average Bonchev–Trinajstić information content (AvgIpc) is 3.91. The van der Waals surface area contributed by atoms with E-state index < -0.39 is 18.1 Å². The number of benzene rings is 3. The minimum atomic E-state index is -0.827. The van der Waals surface area contributed by atoms with Crippen LogP contribution in [-0.2, 0) is 25.7 Å². The summed E-state index contributed by atoms with van der Waals surface area (Å²) in [7, 11) is 0. The number of nitriles is 1. The molecule has 1 unspecified atom stereocenters. The third kappa shape index (κ3) is 12.0. The number of rotatable bonds is 21. The Balaban J connectivity index is 0.864. The number of ketones is 1. The van der Waals surface area contributed by atoms with Crippen molar-refractivity contribution >= 4 is 52.1 Å². The molecule has 3 aromatic carbocycles. The van der Waals surface area contributed by atoms with Gasteiger partial charge in [0.1, 0.15) is 30.6 Å². The lowest BCUT2D eigenvalue weighted by atomic mass is 9.49. The standard InChI is InChI=1S/C51H63ClN6O7S/c1-31(2)41(47(63)58-28-38(59)24-43(58)46(62)55-27-33-11-13-34(14-12-33)44-32(3)56-30-66-44)23-39(60)29-64-22-10-8-9-21-54-37-18-15-35(16-19-37)45(61)57-48-50(4,5)49(51(48,6)7)65-40-20-17-36(26-53)42(52)25-40/h11-20,25,30-31,38,41,43,48-49,54,59H,8-10,21-24,27-29H2,1-7H3,(H,55,62)(H,57,61)/t38-,41+,43?,48?,49?/m1/s1. The molecule has 2 heterocycles. The number of aryl methyl sites for hydroxylation is 1. The molecular weight excluding hydrogens is 876 g/mol. The van der Waals surface area contributed by atoms with Crippen LogP contribution < -0.4 is 20.7 Å². The second-order valence-electron chi connectivity index (χ2n) is 19.1.